The average Bonchev–Trinajstić information content (AvgIpc) is 2.27. The van der Waals surface area contributed by atoms with Crippen molar-refractivity contribution in [1.82, 2.24) is 4.90 Å². The molecule has 1 saturated heterocycles. The van der Waals surface area contributed by atoms with Gasteiger partial charge in [0.15, 0.2) is 0 Å². The number of carboxylic acid groups (broad SMARTS) is 1. The second-order valence-corrected chi connectivity index (χ2v) is 3.63. The van der Waals surface area contributed by atoms with E-state index in [1.54, 1.807) is 6.92 Å². The van der Waals surface area contributed by atoms with E-state index in [1.165, 1.54) is 0 Å². The molecular formula is C8H12F3NO2. The number of halogens is 3. The lowest BCUT2D eigenvalue weighted by Gasteiger charge is -2.23. The Morgan fingerprint density at radius 1 is 1.57 bits per heavy atom. The van der Waals surface area contributed by atoms with Gasteiger partial charge in [-0.1, -0.05) is 6.92 Å². The molecule has 0 amide bonds. The van der Waals surface area contributed by atoms with Crippen molar-refractivity contribution in [2.75, 3.05) is 13.1 Å². The van der Waals surface area contributed by atoms with Gasteiger partial charge < -0.3 is 5.11 Å². The van der Waals surface area contributed by atoms with Crippen molar-refractivity contribution in [3.63, 3.8) is 0 Å². The van der Waals surface area contributed by atoms with Gasteiger partial charge in [0.1, 0.15) is 6.04 Å². The molecule has 0 aromatic heterocycles. The van der Waals surface area contributed by atoms with Gasteiger partial charge in [0.25, 0.3) is 0 Å². The molecule has 0 spiro atoms. The zero-order valence-electron chi connectivity index (χ0n) is 7.71. The number of likely N-dealkylation sites (tertiary alicyclic amines) is 1. The highest BCUT2D eigenvalue weighted by Gasteiger charge is 2.42. The summed E-state index contributed by atoms with van der Waals surface area (Å²) in [6, 6.07) is -0.989. The van der Waals surface area contributed by atoms with E-state index in [9.17, 15) is 18.0 Å². The molecular weight excluding hydrogens is 199 g/mol. The summed E-state index contributed by atoms with van der Waals surface area (Å²) >= 11 is 0. The number of carboxylic acids is 1. The van der Waals surface area contributed by atoms with E-state index in [0.717, 1.165) is 4.90 Å². The fraction of sp³-hybridized carbons (Fsp3) is 0.875. The number of carbonyl (C=O) groups is 1. The molecule has 0 saturated carbocycles. The minimum absolute atomic E-state index is 0.206. The van der Waals surface area contributed by atoms with Crippen LogP contribution >= 0.6 is 0 Å². The highest BCUT2D eigenvalue weighted by molar-refractivity contribution is 5.74. The Labute approximate surface area is 79.5 Å². The average molecular weight is 211 g/mol. The Bertz CT molecular complexity index is 229. The van der Waals surface area contributed by atoms with Crippen molar-refractivity contribution >= 4 is 5.97 Å². The SMILES string of the molecule is CC1CCN(CC(F)(F)F)C1C(=O)O. The number of rotatable bonds is 2. The van der Waals surface area contributed by atoms with Crippen LogP contribution in [0.5, 0.6) is 0 Å². The van der Waals surface area contributed by atoms with Crippen molar-refractivity contribution in [3.05, 3.63) is 0 Å². The molecule has 82 valence electrons. The van der Waals surface area contributed by atoms with Gasteiger partial charge in [-0.05, 0) is 18.9 Å². The maximum absolute atomic E-state index is 12.0. The van der Waals surface area contributed by atoms with Crippen LogP contribution in [0.2, 0.25) is 0 Å². The molecule has 2 atom stereocenters. The van der Waals surface area contributed by atoms with Crippen LogP contribution in [0.4, 0.5) is 13.2 Å². The Balaban J connectivity index is 2.65. The minimum Gasteiger partial charge on any atom is -0.480 e. The van der Waals surface area contributed by atoms with Gasteiger partial charge in [0.05, 0.1) is 6.54 Å². The van der Waals surface area contributed by atoms with Crippen molar-refractivity contribution in [2.24, 2.45) is 5.92 Å². The standard InChI is InChI=1S/C8H12F3NO2/c1-5-2-3-12(4-8(9,10)11)6(5)7(13)14/h5-6H,2-4H2,1H3,(H,13,14). The highest BCUT2D eigenvalue weighted by Crippen LogP contribution is 2.27. The van der Waals surface area contributed by atoms with Crippen LogP contribution in [0.1, 0.15) is 13.3 Å². The molecule has 3 nitrogen and oxygen atoms in total. The third kappa shape index (κ3) is 2.60. The molecule has 14 heavy (non-hydrogen) atoms. The third-order valence-corrected chi connectivity index (χ3v) is 2.44. The summed E-state index contributed by atoms with van der Waals surface area (Å²) in [4.78, 5) is 11.7. The lowest BCUT2D eigenvalue weighted by atomic mass is 10.0. The molecule has 0 aliphatic carbocycles. The van der Waals surface area contributed by atoms with E-state index in [4.69, 9.17) is 5.11 Å². The molecule has 0 aromatic carbocycles. The summed E-state index contributed by atoms with van der Waals surface area (Å²) in [6.07, 6.45) is -3.81. The van der Waals surface area contributed by atoms with Crippen molar-refractivity contribution in [2.45, 2.75) is 25.6 Å². The normalized spacial score (nSPS) is 29.4. The quantitative estimate of drug-likeness (QED) is 0.749. The van der Waals surface area contributed by atoms with Crippen LogP contribution in [-0.4, -0.2) is 41.3 Å². The molecule has 1 aliphatic rings. The minimum atomic E-state index is -4.32. The van der Waals surface area contributed by atoms with Crippen LogP contribution in [-0.2, 0) is 4.79 Å². The van der Waals surface area contributed by atoms with Gasteiger partial charge >= 0.3 is 12.1 Å². The predicted octanol–water partition coefficient (Wildman–Crippen LogP) is 1.34. The summed E-state index contributed by atoms with van der Waals surface area (Å²) in [5, 5.41) is 8.74. The topological polar surface area (TPSA) is 40.5 Å². The molecule has 6 heteroatoms. The number of hydrogen-bond donors (Lipinski definition) is 1. The molecule has 1 aliphatic heterocycles. The summed E-state index contributed by atoms with van der Waals surface area (Å²) in [5.41, 5.74) is 0. The monoisotopic (exact) mass is 211 g/mol. The van der Waals surface area contributed by atoms with E-state index in [1.807, 2.05) is 0 Å². The van der Waals surface area contributed by atoms with Gasteiger partial charge in [-0.25, -0.2) is 0 Å². The zero-order chi connectivity index (χ0) is 10.9. The molecule has 0 bridgehead atoms. The lowest BCUT2D eigenvalue weighted by Crippen LogP contribution is -2.43. The maximum atomic E-state index is 12.0. The second kappa shape index (κ2) is 3.76. The number of nitrogens with zero attached hydrogens (tertiary/aromatic N) is 1. The third-order valence-electron chi connectivity index (χ3n) is 2.44. The van der Waals surface area contributed by atoms with Crippen LogP contribution in [0.3, 0.4) is 0 Å². The van der Waals surface area contributed by atoms with E-state index >= 15 is 0 Å². The fourth-order valence-electron chi connectivity index (χ4n) is 1.83. The van der Waals surface area contributed by atoms with E-state index in [-0.39, 0.29) is 12.5 Å². The zero-order valence-corrected chi connectivity index (χ0v) is 7.71. The molecule has 0 radical (unpaired) electrons. The Hall–Kier alpha value is -0.780. The lowest BCUT2D eigenvalue weighted by molar-refractivity contribution is -0.159. The second-order valence-electron chi connectivity index (χ2n) is 3.63. The molecule has 1 fully saturated rings. The van der Waals surface area contributed by atoms with E-state index < -0.39 is 24.7 Å². The van der Waals surface area contributed by atoms with Gasteiger partial charge in [-0.3, -0.25) is 9.69 Å². The summed E-state index contributed by atoms with van der Waals surface area (Å²) < 4.78 is 36.1. The molecule has 2 unspecified atom stereocenters. The maximum Gasteiger partial charge on any atom is 0.401 e. The number of alkyl halides is 3. The Morgan fingerprint density at radius 2 is 2.14 bits per heavy atom. The number of aliphatic carboxylic acids is 1. The number of hydrogen-bond acceptors (Lipinski definition) is 2. The van der Waals surface area contributed by atoms with E-state index in [0.29, 0.717) is 6.42 Å². The first-order valence-corrected chi connectivity index (χ1v) is 4.35. The molecule has 1 rings (SSSR count). The van der Waals surface area contributed by atoms with Crippen LogP contribution in [0.25, 0.3) is 0 Å². The molecule has 0 aromatic rings. The van der Waals surface area contributed by atoms with Gasteiger partial charge in [-0.15, -0.1) is 0 Å². The largest absolute Gasteiger partial charge is 0.480 e. The van der Waals surface area contributed by atoms with Gasteiger partial charge in [-0.2, -0.15) is 13.2 Å². The fourth-order valence-corrected chi connectivity index (χ4v) is 1.83. The van der Waals surface area contributed by atoms with Crippen molar-refractivity contribution in [1.29, 1.82) is 0 Å². The van der Waals surface area contributed by atoms with Crippen LogP contribution in [0, 0.1) is 5.92 Å². The molecule has 1 heterocycles. The Morgan fingerprint density at radius 3 is 2.57 bits per heavy atom. The van der Waals surface area contributed by atoms with Gasteiger partial charge in [0, 0.05) is 0 Å². The van der Waals surface area contributed by atoms with Crippen molar-refractivity contribution in [3.8, 4) is 0 Å². The first kappa shape index (κ1) is 11.3. The van der Waals surface area contributed by atoms with Crippen LogP contribution in [0.15, 0.2) is 0 Å². The first-order valence-electron chi connectivity index (χ1n) is 4.35. The van der Waals surface area contributed by atoms with E-state index in [2.05, 4.69) is 0 Å². The van der Waals surface area contributed by atoms with Gasteiger partial charge in [0.2, 0.25) is 0 Å². The smallest absolute Gasteiger partial charge is 0.401 e. The van der Waals surface area contributed by atoms with Crippen molar-refractivity contribution < 1.29 is 23.1 Å². The highest BCUT2D eigenvalue weighted by atomic mass is 19.4. The summed E-state index contributed by atoms with van der Waals surface area (Å²) in [7, 11) is 0. The van der Waals surface area contributed by atoms with Crippen LogP contribution < -0.4 is 0 Å². The first-order chi connectivity index (χ1) is 6.31. The molecule has 1 N–H and O–H groups in total. The Kier molecular flexibility index (Phi) is 3.04. The summed E-state index contributed by atoms with van der Waals surface area (Å²) in [6.45, 7) is 0.737. The predicted molar refractivity (Wildman–Crippen MR) is 42.8 cm³/mol. The summed E-state index contributed by atoms with van der Waals surface area (Å²) in [5.74, 6) is -1.38.